The third-order valence-electron chi connectivity index (χ3n) is 7.60. The lowest BCUT2D eigenvalue weighted by Gasteiger charge is -2.34. The zero-order chi connectivity index (χ0) is 21.4. The molecular weight excluding hydrogens is 388 g/mol. The molecule has 1 aromatic heterocycles. The van der Waals surface area contributed by atoms with E-state index < -0.39 is 0 Å². The molecule has 3 aliphatic rings. The molecule has 1 amide bonds. The topological polar surface area (TPSA) is 61.6 Å². The van der Waals surface area contributed by atoms with Crippen LogP contribution in [-0.2, 0) is 13.0 Å². The van der Waals surface area contributed by atoms with Crippen molar-refractivity contribution in [3.63, 3.8) is 0 Å². The fraction of sp³-hybridized carbons (Fsp3) is 0.600. The van der Waals surface area contributed by atoms with Crippen molar-refractivity contribution in [3.8, 4) is 0 Å². The smallest absolute Gasteiger partial charge is 0.259 e. The van der Waals surface area contributed by atoms with Crippen molar-refractivity contribution < 1.29 is 9.32 Å². The molecule has 2 saturated heterocycles. The van der Waals surface area contributed by atoms with Crippen LogP contribution in [0.2, 0.25) is 0 Å². The van der Waals surface area contributed by atoms with Crippen molar-refractivity contribution >= 4 is 5.91 Å². The first kappa shape index (κ1) is 20.7. The molecule has 1 spiro atoms. The van der Waals surface area contributed by atoms with Gasteiger partial charge < -0.3 is 19.6 Å². The van der Waals surface area contributed by atoms with Gasteiger partial charge in [0, 0.05) is 31.6 Å². The Labute approximate surface area is 185 Å². The standard InChI is InChI=1S/C25H34N4O2/c1-18-23(19(2)31-27-18)24(30)29-15-22-6-4-3-5-21(22)13-25(17-29)9-12-28(16-25)14-20-7-10-26-11-8-20/h3-6,20,26H,7-17H2,1-2H3. The number of hydrogen-bond acceptors (Lipinski definition) is 5. The summed E-state index contributed by atoms with van der Waals surface area (Å²) in [7, 11) is 0. The molecule has 1 aromatic carbocycles. The molecular formula is C25H34N4O2. The Morgan fingerprint density at radius 3 is 2.71 bits per heavy atom. The number of carbonyl (C=O) groups is 1. The van der Waals surface area contributed by atoms with Crippen LogP contribution in [0, 0.1) is 25.2 Å². The third kappa shape index (κ3) is 4.15. The van der Waals surface area contributed by atoms with Gasteiger partial charge in [0.05, 0.1) is 5.69 Å². The summed E-state index contributed by atoms with van der Waals surface area (Å²) in [6.07, 6.45) is 4.76. The second-order valence-corrected chi connectivity index (χ2v) is 9.98. The predicted octanol–water partition coefficient (Wildman–Crippen LogP) is 3.18. The molecule has 6 nitrogen and oxygen atoms in total. The summed E-state index contributed by atoms with van der Waals surface area (Å²) in [5, 5.41) is 7.51. The average molecular weight is 423 g/mol. The summed E-state index contributed by atoms with van der Waals surface area (Å²) in [4.78, 5) is 18.3. The second-order valence-electron chi connectivity index (χ2n) is 9.98. The lowest BCUT2D eigenvalue weighted by molar-refractivity contribution is 0.0651. The summed E-state index contributed by atoms with van der Waals surface area (Å²) in [5.74, 6) is 1.48. The SMILES string of the molecule is Cc1noc(C)c1C(=O)N1Cc2ccccc2CC2(CCN(CC3CCNCC3)C2)C1. The maximum absolute atomic E-state index is 13.6. The van der Waals surface area contributed by atoms with Gasteiger partial charge in [-0.05, 0) is 76.2 Å². The van der Waals surface area contributed by atoms with Gasteiger partial charge in [-0.1, -0.05) is 29.4 Å². The number of benzene rings is 1. The molecule has 166 valence electrons. The van der Waals surface area contributed by atoms with Crippen LogP contribution in [0.3, 0.4) is 0 Å². The molecule has 2 fully saturated rings. The molecule has 0 saturated carbocycles. The molecule has 1 atom stereocenters. The predicted molar refractivity (Wildman–Crippen MR) is 120 cm³/mol. The van der Waals surface area contributed by atoms with Crippen molar-refractivity contribution in [3.05, 3.63) is 52.4 Å². The maximum atomic E-state index is 13.6. The Hall–Kier alpha value is -2.18. The number of piperidine rings is 1. The van der Waals surface area contributed by atoms with E-state index in [1.807, 2.05) is 13.8 Å². The molecule has 2 aromatic rings. The number of fused-ring (bicyclic) bond motifs is 1. The quantitative estimate of drug-likeness (QED) is 0.823. The van der Waals surface area contributed by atoms with E-state index in [0.717, 1.165) is 51.5 Å². The highest BCUT2D eigenvalue weighted by Gasteiger charge is 2.43. The normalized spacial score (nSPS) is 25.0. The van der Waals surface area contributed by atoms with Crippen LogP contribution in [0.15, 0.2) is 28.8 Å². The van der Waals surface area contributed by atoms with Crippen LogP contribution in [-0.4, -0.2) is 60.1 Å². The highest BCUT2D eigenvalue weighted by molar-refractivity contribution is 5.96. The Balaban J connectivity index is 1.40. The number of nitrogens with one attached hydrogen (secondary N) is 1. The Morgan fingerprint density at radius 2 is 1.97 bits per heavy atom. The van der Waals surface area contributed by atoms with Crippen LogP contribution >= 0.6 is 0 Å². The van der Waals surface area contributed by atoms with Gasteiger partial charge in [-0.3, -0.25) is 4.79 Å². The fourth-order valence-corrected chi connectivity index (χ4v) is 5.99. The van der Waals surface area contributed by atoms with Gasteiger partial charge in [-0.2, -0.15) is 0 Å². The molecule has 6 heteroatoms. The molecule has 3 aliphatic heterocycles. The number of amides is 1. The molecule has 4 heterocycles. The molecule has 1 unspecified atom stereocenters. The van der Waals surface area contributed by atoms with E-state index in [1.165, 1.54) is 30.5 Å². The van der Waals surface area contributed by atoms with Gasteiger partial charge >= 0.3 is 0 Å². The number of rotatable bonds is 3. The molecule has 5 rings (SSSR count). The largest absolute Gasteiger partial charge is 0.361 e. The summed E-state index contributed by atoms with van der Waals surface area (Å²) in [6, 6.07) is 8.67. The van der Waals surface area contributed by atoms with Crippen molar-refractivity contribution in [2.75, 3.05) is 39.3 Å². The third-order valence-corrected chi connectivity index (χ3v) is 7.60. The Morgan fingerprint density at radius 1 is 1.19 bits per heavy atom. The lowest BCUT2D eigenvalue weighted by Crippen LogP contribution is -2.43. The van der Waals surface area contributed by atoms with Crippen molar-refractivity contribution in [2.45, 2.75) is 46.1 Å². The summed E-state index contributed by atoms with van der Waals surface area (Å²) < 4.78 is 5.32. The summed E-state index contributed by atoms with van der Waals surface area (Å²) in [6.45, 7) is 10.9. The van der Waals surface area contributed by atoms with E-state index in [4.69, 9.17) is 4.52 Å². The Bertz CT molecular complexity index is 929. The van der Waals surface area contributed by atoms with Crippen LogP contribution in [0.25, 0.3) is 0 Å². The first-order chi connectivity index (χ1) is 15.0. The van der Waals surface area contributed by atoms with E-state index in [0.29, 0.717) is 23.6 Å². The van der Waals surface area contributed by atoms with Gasteiger partial charge in [0.2, 0.25) is 0 Å². The summed E-state index contributed by atoms with van der Waals surface area (Å²) in [5.41, 5.74) is 4.12. The van der Waals surface area contributed by atoms with E-state index in [9.17, 15) is 4.79 Å². The van der Waals surface area contributed by atoms with Crippen molar-refractivity contribution in [2.24, 2.45) is 11.3 Å². The van der Waals surface area contributed by atoms with E-state index in [2.05, 4.69) is 44.5 Å². The van der Waals surface area contributed by atoms with Crippen molar-refractivity contribution in [1.29, 1.82) is 0 Å². The number of hydrogen-bond donors (Lipinski definition) is 1. The first-order valence-electron chi connectivity index (χ1n) is 11.7. The van der Waals surface area contributed by atoms with E-state index in [1.54, 1.807) is 0 Å². The zero-order valence-electron chi connectivity index (χ0n) is 18.8. The molecule has 1 N–H and O–H groups in total. The number of nitrogens with zero attached hydrogens (tertiary/aromatic N) is 3. The van der Waals surface area contributed by atoms with Crippen LogP contribution < -0.4 is 5.32 Å². The zero-order valence-corrected chi connectivity index (χ0v) is 18.8. The van der Waals surface area contributed by atoms with Gasteiger partial charge in [0.15, 0.2) is 0 Å². The highest BCUT2D eigenvalue weighted by Crippen LogP contribution is 2.40. The molecule has 0 bridgehead atoms. The highest BCUT2D eigenvalue weighted by atomic mass is 16.5. The number of carbonyl (C=O) groups excluding carboxylic acids is 1. The van der Waals surface area contributed by atoms with Crippen LogP contribution in [0.5, 0.6) is 0 Å². The minimum atomic E-state index is 0.0594. The number of likely N-dealkylation sites (tertiary alicyclic amines) is 1. The van der Waals surface area contributed by atoms with Crippen LogP contribution in [0.4, 0.5) is 0 Å². The Kier molecular flexibility index (Phi) is 5.61. The fourth-order valence-electron chi connectivity index (χ4n) is 5.99. The lowest BCUT2D eigenvalue weighted by atomic mass is 9.80. The average Bonchev–Trinajstić information content (AvgIpc) is 3.25. The minimum absolute atomic E-state index is 0.0594. The van der Waals surface area contributed by atoms with E-state index in [-0.39, 0.29) is 11.3 Å². The number of aryl methyl sites for hydroxylation is 2. The van der Waals surface area contributed by atoms with Gasteiger partial charge in [-0.15, -0.1) is 0 Å². The second kappa shape index (κ2) is 8.40. The monoisotopic (exact) mass is 422 g/mol. The molecule has 0 radical (unpaired) electrons. The molecule has 31 heavy (non-hydrogen) atoms. The van der Waals surface area contributed by atoms with Gasteiger partial charge in [0.1, 0.15) is 11.3 Å². The van der Waals surface area contributed by atoms with Crippen molar-refractivity contribution in [1.82, 2.24) is 20.3 Å². The van der Waals surface area contributed by atoms with Crippen LogP contribution in [0.1, 0.15) is 52.2 Å². The number of aromatic nitrogens is 1. The van der Waals surface area contributed by atoms with Gasteiger partial charge in [-0.25, -0.2) is 0 Å². The maximum Gasteiger partial charge on any atom is 0.259 e. The molecule has 0 aliphatic carbocycles. The van der Waals surface area contributed by atoms with Gasteiger partial charge in [0.25, 0.3) is 5.91 Å². The first-order valence-corrected chi connectivity index (χ1v) is 11.7. The minimum Gasteiger partial charge on any atom is -0.361 e. The summed E-state index contributed by atoms with van der Waals surface area (Å²) >= 11 is 0. The van der Waals surface area contributed by atoms with E-state index >= 15 is 0 Å².